The molecule has 0 aromatic carbocycles. The summed E-state index contributed by atoms with van der Waals surface area (Å²) in [5, 5.41) is 0. The van der Waals surface area contributed by atoms with Crippen LogP contribution >= 0.6 is 0 Å². The molecule has 0 aliphatic heterocycles. The number of hydrogen-bond donors (Lipinski definition) is 0. The summed E-state index contributed by atoms with van der Waals surface area (Å²) >= 11 is 0. The van der Waals surface area contributed by atoms with Gasteiger partial charge in [0.05, 0.1) is 0 Å². The van der Waals surface area contributed by atoms with Crippen molar-refractivity contribution < 1.29 is 0 Å². The first-order valence-electron chi connectivity index (χ1n) is 10.8. The zero-order valence-electron chi connectivity index (χ0n) is 15.6. The first-order chi connectivity index (χ1) is 10.8. The van der Waals surface area contributed by atoms with Gasteiger partial charge in [-0.2, -0.15) is 0 Å². The van der Waals surface area contributed by atoms with Crippen LogP contribution in [0.25, 0.3) is 0 Å². The van der Waals surface area contributed by atoms with Crippen molar-refractivity contribution in [3.63, 3.8) is 0 Å². The van der Waals surface area contributed by atoms with Crippen LogP contribution in [0.3, 0.4) is 0 Å². The Morgan fingerprint density at radius 2 is 1.00 bits per heavy atom. The normalized spacial score (nSPS) is 33.0. The second-order valence-corrected chi connectivity index (χ2v) is 8.65. The fourth-order valence-electron chi connectivity index (χ4n) is 5.25. The molecule has 0 radical (unpaired) electrons. The summed E-state index contributed by atoms with van der Waals surface area (Å²) in [5.74, 6) is 4.37. The predicted octanol–water partition coefficient (Wildman–Crippen LogP) is 7.76. The van der Waals surface area contributed by atoms with E-state index < -0.39 is 0 Å². The van der Waals surface area contributed by atoms with Crippen LogP contribution in [-0.4, -0.2) is 0 Å². The van der Waals surface area contributed by atoms with Crippen LogP contribution in [0.15, 0.2) is 0 Å². The number of hydrogen-bond acceptors (Lipinski definition) is 0. The Hall–Kier alpha value is 0. The van der Waals surface area contributed by atoms with E-state index in [1.807, 2.05) is 0 Å². The lowest BCUT2D eigenvalue weighted by atomic mass is 9.72. The molecule has 0 saturated heterocycles. The molecule has 0 bridgehead atoms. The third kappa shape index (κ3) is 6.63. The molecule has 0 heterocycles. The van der Waals surface area contributed by atoms with E-state index >= 15 is 0 Å². The SMILES string of the molecule is CCCCCC[C@H]1CC[C@H](CC2CCC(CCC)CC2)CC1. The smallest absolute Gasteiger partial charge is 0.0411 e. The summed E-state index contributed by atoms with van der Waals surface area (Å²) in [6.07, 6.45) is 24.3. The highest BCUT2D eigenvalue weighted by Gasteiger charge is 2.26. The van der Waals surface area contributed by atoms with Gasteiger partial charge in [-0.25, -0.2) is 0 Å². The van der Waals surface area contributed by atoms with E-state index in [4.69, 9.17) is 0 Å². The Kier molecular flexibility index (Phi) is 8.93. The van der Waals surface area contributed by atoms with Crippen LogP contribution in [0.2, 0.25) is 0 Å². The van der Waals surface area contributed by atoms with E-state index in [0.717, 1.165) is 23.7 Å². The molecule has 0 nitrogen and oxygen atoms in total. The van der Waals surface area contributed by atoms with Crippen molar-refractivity contribution in [1.82, 2.24) is 0 Å². The lowest BCUT2D eigenvalue weighted by Gasteiger charge is -2.34. The maximum Gasteiger partial charge on any atom is -0.0411 e. The van der Waals surface area contributed by atoms with Gasteiger partial charge in [-0.3, -0.25) is 0 Å². The van der Waals surface area contributed by atoms with Crippen molar-refractivity contribution in [2.45, 2.75) is 117 Å². The fourth-order valence-corrected chi connectivity index (χ4v) is 5.25. The topological polar surface area (TPSA) is 0 Å². The van der Waals surface area contributed by atoms with Crippen molar-refractivity contribution in [2.75, 3.05) is 0 Å². The standard InChI is InChI=1S/C22H42/c1-3-5-6-7-9-20-12-16-22(17-13-20)18-21-14-10-19(8-4-2)11-15-21/h19-22H,3-18H2,1-2H3/t19?,20-,21?,22-. The van der Waals surface area contributed by atoms with E-state index in [0.29, 0.717) is 0 Å². The van der Waals surface area contributed by atoms with Crippen LogP contribution in [-0.2, 0) is 0 Å². The lowest BCUT2D eigenvalue weighted by Crippen LogP contribution is -2.21. The summed E-state index contributed by atoms with van der Waals surface area (Å²) < 4.78 is 0. The minimum atomic E-state index is 1.08. The van der Waals surface area contributed by atoms with E-state index in [2.05, 4.69) is 13.8 Å². The van der Waals surface area contributed by atoms with Crippen LogP contribution in [0.4, 0.5) is 0 Å². The van der Waals surface area contributed by atoms with Gasteiger partial charge >= 0.3 is 0 Å². The maximum atomic E-state index is 2.35. The van der Waals surface area contributed by atoms with E-state index in [-0.39, 0.29) is 0 Å². The molecule has 0 atom stereocenters. The molecule has 0 heteroatoms. The lowest BCUT2D eigenvalue weighted by molar-refractivity contribution is 0.183. The fraction of sp³-hybridized carbons (Fsp3) is 1.00. The molecule has 22 heavy (non-hydrogen) atoms. The average molecular weight is 307 g/mol. The predicted molar refractivity (Wildman–Crippen MR) is 99.2 cm³/mol. The molecule has 0 amide bonds. The zero-order valence-corrected chi connectivity index (χ0v) is 15.6. The summed E-state index contributed by atoms with van der Waals surface area (Å²) in [5.41, 5.74) is 0. The molecule has 0 aromatic heterocycles. The Morgan fingerprint density at radius 3 is 1.50 bits per heavy atom. The first-order valence-corrected chi connectivity index (χ1v) is 10.8. The second kappa shape index (κ2) is 10.7. The minimum absolute atomic E-state index is 1.08. The number of unbranched alkanes of at least 4 members (excludes halogenated alkanes) is 3. The second-order valence-electron chi connectivity index (χ2n) is 8.65. The van der Waals surface area contributed by atoms with Crippen molar-refractivity contribution in [1.29, 1.82) is 0 Å². The molecule has 0 unspecified atom stereocenters. The molecular weight excluding hydrogens is 264 g/mol. The maximum absolute atomic E-state index is 2.35. The molecule has 2 saturated carbocycles. The van der Waals surface area contributed by atoms with E-state index in [1.54, 1.807) is 57.8 Å². The van der Waals surface area contributed by atoms with Gasteiger partial charge in [0.2, 0.25) is 0 Å². The molecule has 0 N–H and O–H groups in total. The van der Waals surface area contributed by atoms with Crippen molar-refractivity contribution >= 4 is 0 Å². The molecule has 2 fully saturated rings. The Labute approximate surface area is 140 Å². The van der Waals surface area contributed by atoms with Crippen LogP contribution in [0.5, 0.6) is 0 Å². The van der Waals surface area contributed by atoms with Crippen LogP contribution < -0.4 is 0 Å². The molecule has 0 spiro atoms. The highest BCUT2D eigenvalue weighted by molar-refractivity contribution is 4.78. The summed E-state index contributed by atoms with van der Waals surface area (Å²) in [7, 11) is 0. The summed E-state index contributed by atoms with van der Waals surface area (Å²) in [4.78, 5) is 0. The van der Waals surface area contributed by atoms with Gasteiger partial charge in [-0.1, -0.05) is 110 Å². The highest BCUT2D eigenvalue weighted by atomic mass is 14.3. The van der Waals surface area contributed by atoms with Crippen molar-refractivity contribution in [3.8, 4) is 0 Å². The average Bonchev–Trinajstić information content (AvgIpc) is 2.55. The van der Waals surface area contributed by atoms with Gasteiger partial charge in [0.1, 0.15) is 0 Å². The Balaban J connectivity index is 1.54. The Morgan fingerprint density at radius 1 is 0.500 bits per heavy atom. The monoisotopic (exact) mass is 306 g/mol. The summed E-state index contributed by atoms with van der Waals surface area (Å²) in [6.45, 7) is 4.67. The largest absolute Gasteiger partial charge is 0.0654 e. The number of rotatable bonds is 9. The Bertz CT molecular complexity index is 253. The quantitative estimate of drug-likeness (QED) is 0.382. The third-order valence-electron chi connectivity index (χ3n) is 6.76. The van der Waals surface area contributed by atoms with Gasteiger partial charge in [0.15, 0.2) is 0 Å². The van der Waals surface area contributed by atoms with Gasteiger partial charge in [0, 0.05) is 0 Å². The van der Waals surface area contributed by atoms with Gasteiger partial charge in [-0.05, 0) is 30.1 Å². The van der Waals surface area contributed by atoms with Crippen molar-refractivity contribution in [2.24, 2.45) is 23.7 Å². The zero-order chi connectivity index (χ0) is 15.6. The summed E-state index contributed by atoms with van der Waals surface area (Å²) in [6, 6.07) is 0. The van der Waals surface area contributed by atoms with Crippen LogP contribution in [0.1, 0.15) is 117 Å². The highest BCUT2D eigenvalue weighted by Crippen LogP contribution is 2.40. The molecule has 130 valence electrons. The molecular formula is C22H42. The van der Waals surface area contributed by atoms with Crippen LogP contribution in [0, 0.1) is 23.7 Å². The van der Waals surface area contributed by atoms with E-state index in [9.17, 15) is 0 Å². The van der Waals surface area contributed by atoms with Gasteiger partial charge in [0.25, 0.3) is 0 Å². The molecule has 2 aliphatic rings. The van der Waals surface area contributed by atoms with E-state index in [1.165, 1.54) is 44.9 Å². The van der Waals surface area contributed by atoms with Gasteiger partial charge < -0.3 is 0 Å². The van der Waals surface area contributed by atoms with Crippen molar-refractivity contribution in [3.05, 3.63) is 0 Å². The first kappa shape index (κ1) is 18.3. The molecule has 2 rings (SSSR count). The minimum Gasteiger partial charge on any atom is -0.0654 e. The third-order valence-corrected chi connectivity index (χ3v) is 6.76. The van der Waals surface area contributed by atoms with Gasteiger partial charge in [-0.15, -0.1) is 0 Å². The molecule has 0 aromatic rings. The molecule has 2 aliphatic carbocycles.